The van der Waals surface area contributed by atoms with Crippen LogP contribution < -0.4 is 11.3 Å². The fraction of sp³-hybridized carbons (Fsp3) is 0.429. The Morgan fingerprint density at radius 2 is 2.50 bits per heavy atom. The summed E-state index contributed by atoms with van der Waals surface area (Å²) in [6.45, 7) is 0.311. The molecule has 0 spiro atoms. The van der Waals surface area contributed by atoms with E-state index in [1.165, 1.54) is 6.07 Å². The molecule has 0 fully saturated rings. The topological polar surface area (TPSA) is 71.8 Å². The van der Waals surface area contributed by atoms with Gasteiger partial charge in [0, 0.05) is 12.6 Å². The van der Waals surface area contributed by atoms with Gasteiger partial charge in [0.1, 0.15) is 5.82 Å². The number of aromatic amines is 1. The SMILES string of the molecule is CSCc1nc(CN)cc(=O)[nH]1. The maximum Gasteiger partial charge on any atom is 0.251 e. The van der Waals surface area contributed by atoms with Crippen molar-refractivity contribution in [2.75, 3.05) is 6.26 Å². The molecule has 0 saturated heterocycles. The minimum Gasteiger partial charge on any atom is -0.325 e. The fourth-order valence-electron chi connectivity index (χ4n) is 0.873. The number of nitrogens with one attached hydrogen (secondary N) is 1. The van der Waals surface area contributed by atoms with Crippen LogP contribution in [0.1, 0.15) is 11.5 Å². The van der Waals surface area contributed by atoms with Gasteiger partial charge in [-0.1, -0.05) is 0 Å². The standard InChI is InChI=1S/C7H11N3OS/c1-12-4-6-9-5(3-8)2-7(11)10-6/h2H,3-4,8H2,1H3,(H,9,10,11). The lowest BCUT2D eigenvalue weighted by Gasteiger charge is -1.99. The van der Waals surface area contributed by atoms with Crippen molar-refractivity contribution in [3.8, 4) is 0 Å². The van der Waals surface area contributed by atoms with E-state index in [1.807, 2.05) is 6.26 Å². The maximum atomic E-state index is 11.0. The van der Waals surface area contributed by atoms with Gasteiger partial charge in [-0.05, 0) is 6.26 Å². The molecular weight excluding hydrogens is 174 g/mol. The smallest absolute Gasteiger partial charge is 0.251 e. The molecule has 0 atom stereocenters. The summed E-state index contributed by atoms with van der Waals surface area (Å²) in [6, 6.07) is 1.42. The third kappa shape index (κ3) is 2.35. The molecule has 12 heavy (non-hydrogen) atoms. The Morgan fingerprint density at radius 3 is 3.08 bits per heavy atom. The Balaban J connectivity index is 2.98. The lowest BCUT2D eigenvalue weighted by atomic mass is 10.4. The zero-order chi connectivity index (χ0) is 8.97. The number of hydrogen-bond donors (Lipinski definition) is 2. The van der Waals surface area contributed by atoms with Crippen LogP contribution in [0.2, 0.25) is 0 Å². The molecule has 1 aromatic rings. The van der Waals surface area contributed by atoms with E-state index in [9.17, 15) is 4.79 Å². The van der Waals surface area contributed by atoms with Crippen LogP contribution >= 0.6 is 11.8 Å². The lowest BCUT2D eigenvalue weighted by Crippen LogP contribution is -2.14. The second kappa shape index (κ2) is 4.27. The van der Waals surface area contributed by atoms with Gasteiger partial charge in [0.15, 0.2) is 0 Å². The van der Waals surface area contributed by atoms with Crippen LogP contribution in [-0.2, 0) is 12.3 Å². The minimum atomic E-state index is -0.130. The van der Waals surface area contributed by atoms with Gasteiger partial charge in [-0.2, -0.15) is 11.8 Å². The quantitative estimate of drug-likeness (QED) is 0.700. The summed E-state index contributed by atoms with van der Waals surface area (Å²) >= 11 is 1.61. The number of nitrogens with zero attached hydrogens (tertiary/aromatic N) is 1. The van der Waals surface area contributed by atoms with Crippen molar-refractivity contribution in [1.82, 2.24) is 9.97 Å². The van der Waals surface area contributed by atoms with Crippen molar-refractivity contribution < 1.29 is 0 Å². The van der Waals surface area contributed by atoms with Crippen LogP contribution in [0.25, 0.3) is 0 Å². The first-order chi connectivity index (χ1) is 5.76. The summed E-state index contributed by atoms with van der Waals surface area (Å²) in [5.41, 5.74) is 5.87. The third-order valence-corrected chi connectivity index (χ3v) is 1.90. The van der Waals surface area contributed by atoms with E-state index in [2.05, 4.69) is 9.97 Å². The van der Waals surface area contributed by atoms with Gasteiger partial charge in [-0.3, -0.25) is 4.79 Å². The monoisotopic (exact) mass is 185 g/mol. The zero-order valence-corrected chi connectivity index (χ0v) is 7.65. The summed E-state index contributed by atoms with van der Waals surface area (Å²) in [5, 5.41) is 0. The Kier molecular flexibility index (Phi) is 3.31. The number of nitrogens with two attached hydrogens (primary N) is 1. The van der Waals surface area contributed by atoms with E-state index in [4.69, 9.17) is 5.73 Å². The third-order valence-electron chi connectivity index (χ3n) is 1.33. The first-order valence-corrected chi connectivity index (χ1v) is 4.93. The number of hydrogen-bond acceptors (Lipinski definition) is 4. The molecule has 0 unspecified atom stereocenters. The molecule has 0 aliphatic carbocycles. The van der Waals surface area contributed by atoms with E-state index in [-0.39, 0.29) is 5.56 Å². The highest BCUT2D eigenvalue weighted by Gasteiger charge is 1.98. The van der Waals surface area contributed by atoms with Crippen molar-refractivity contribution >= 4 is 11.8 Å². The van der Waals surface area contributed by atoms with Crippen LogP contribution in [0.15, 0.2) is 10.9 Å². The molecule has 5 heteroatoms. The molecule has 66 valence electrons. The summed E-state index contributed by atoms with van der Waals surface area (Å²) in [7, 11) is 0. The van der Waals surface area contributed by atoms with Crippen molar-refractivity contribution in [1.29, 1.82) is 0 Å². The first-order valence-electron chi connectivity index (χ1n) is 3.54. The van der Waals surface area contributed by atoms with Gasteiger partial charge in [0.25, 0.3) is 5.56 Å². The van der Waals surface area contributed by atoms with Gasteiger partial charge < -0.3 is 10.7 Å². The molecule has 0 radical (unpaired) electrons. The highest BCUT2D eigenvalue weighted by atomic mass is 32.2. The number of aromatic nitrogens is 2. The van der Waals surface area contributed by atoms with Gasteiger partial charge in [0.05, 0.1) is 11.4 Å². The van der Waals surface area contributed by atoms with E-state index >= 15 is 0 Å². The number of thioether (sulfide) groups is 1. The molecule has 0 bridgehead atoms. The van der Waals surface area contributed by atoms with E-state index in [1.54, 1.807) is 11.8 Å². The van der Waals surface area contributed by atoms with Crippen LogP contribution in [0, 0.1) is 0 Å². The van der Waals surface area contributed by atoms with E-state index < -0.39 is 0 Å². The first kappa shape index (κ1) is 9.28. The molecule has 0 amide bonds. The molecule has 3 N–H and O–H groups in total. The normalized spacial score (nSPS) is 10.2. The average Bonchev–Trinajstić information content (AvgIpc) is 2.04. The van der Waals surface area contributed by atoms with Crippen LogP contribution in [0.3, 0.4) is 0 Å². The molecule has 0 aromatic carbocycles. The van der Waals surface area contributed by atoms with Crippen molar-refractivity contribution in [3.05, 3.63) is 27.9 Å². The zero-order valence-electron chi connectivity index (χ0n) is 6.83. The predicted molar refractivity (Wildman–Crippen MR) is 50.0 cm³/mol. The van der Waals surface area contributed by atoms with Crippen molar-refractivity contribution in [2.24, 2.45) is 5.73 Å². The molecular formula is C7H11N3OS. The van der Waals surface area contributed by atoms with Crippen LogP contribution in [0.4, 0.5) is 0 Å². The van der Waals surface area contributed by atoms with Crippen LogP contribution in [-0.4, -0.2) is 16.2 Å². The van der Waals surface area contributed by atoms with Gasteiger partial charge >= 0.3 is 0 Å². The maximum absolute atomic E-state index is 11.0. The minimum absolute atomic E-state index is 0.130. The Labute approximate surface area is 74.6 Å². The number of H-pyrrole nitrogens is 1. The molecule has 1 aromatic heterocycles. The van der Waals surface area contributed by atoms with Crippen molar-refractivity contribution in [2.45, 2.75) is 12.3 Å². The molecule has 0 aliphatic rings. The fourth-order valence-corrected chi connectivity index (χ4v) is 1.28. The van der Waals surface area contributed by atoms with Gasteiger partial charge in [-0.25, -0.2) is 4.98 Å². The van der Waals surface area contributed by atoms with Gasteiger partial charge in [0.2, 0.25) is 0 Å². The largest absolute Gasteiger partial charge is 0.325 e. The van der Waals surface area contributed by atoms with Crippen LogP contribution in [0.5, 0.6) is 0 Å². The average molecular weight is 185 g/mol. The Morgan fingerprint density at radius 1 is 1.75 bits per heavy atom. The van der Waals surface area contributed by atoms with Gasteiger partial charge in [-0.15, -0.1) is 0 Å². The summed E-state index contributed by atoms with van der Waals surface area (Å²) in [6.07, 6.45) is 1.95. The molecule has 1 rings (SSSR count). The van der Waals surface area contributed by atoms with Crippen molar-refractivity contribution in [3.63, 3.8) is 0 Å². The summed E-state index contributed by atoms with van der Waals surface area (Å²) in [4.78, 5) is 17.8. The molecule has 0 aliphatic heterocycles. The lowest BCUT2D eigenvalue weighted by molar-refractivity contribution is 0.902. The van der Waals surface area contributed by atoms with E-state index in [0.29, 0.717) is 23.8 Å². The molecule has 1 heterocycles. The predicted octanol–water partition coefficient (Wildman–Crippen LogP) is 0.0916. The molecule has 0 saturated carbocycles. The summed E-state index contributed by atoms with van der Waals surface area (Å²) < 4.78 is 0. The Bertz CT molecular complexity index is 310. The second-order valence-corrected chi connectivity index (χ2v) is 3.19. The highest BCUT2D eigenvalue weighted by Crippen LogP contribution is 2.01. The number of rotatable bonds is 3. The Hall–Kier alpha value is -0.810. The second-order valence-electron chi connectivity index (χ2n) is 2.32. The summed E-state index contributed by atoms with van der Waals surface area (Å²) in [5.74, 6) is 1.40. The molecule has 4 nitrogen and oxygen atoms in total. The van der Waals surface area contributed by atoms with E-state index in [0.717, 1.165) is 0 Å². The highest BCUT2D eigenvalue weighted by molar-refractivity contribution is 7.97.